The molecular weight excluding hydrogens is 487 g/mol. The number of likely N-dealkylation sites (tertiary alicyclic amines) is 2. The van der Waals surface area contributed by atoms with E-state index in [2.05, 4.69) is 21.9 Å². The van der Waals surface area contributed by atoms with Crippen molar-refractivity contribution in [3.63, 3.8) is 0 Å². The highest BCUT2D eigenvalue weighted by Gasteiger charge is 2.39. The molecular formula is C28H35FN6O3. The van der Waals surface area contributed by atoms with Crippen LogP contribution in [-0.2, 0) is 11.3 Å². The number of benzene rings is 1. The summed E-state index contributed by atoms with van der Waals surface area (Å²) in [4.78, 5) is 35.0. The van der Waals surface area contributed by atoms with Gasteiger partial charge in [-0.15, -0.1) is 0 Å². The van der Waals surface area contributed by atoms with Gasteiger partial charge in [0.25, 0.3) is 5.56 Å². The van der Waals surface area contributed by atoms with Crippen LogP contribution < -0.4 is 5.56 Å². The molecule has 2 aliphatic heterocycles. The second kappa shape index (κ2) is 9.89. The van der Waals surface area contributed by atoms with Crippen LogP contribution in [-0.4, -0.2) is 78.0 Å². The molecule has 3 aliphatic rings. The lowest BCUT2D eigenvalue weighted by atomic mass is 9.91. The highest BCUT2D eigenvalue weighted by molar-refractivity contribution is 5.77. The summed E-state index contributed by atoms with van der Waals surface area (Å²) >= 11 is 0. The normalized spacial score (nSPS) is 24.1. The maximum absolute atomic E-state index is 13.3. The van der Waals surface area contributed by atoms with Crippen molar-refractivity contribution in [2.45, 2.75) is 63.6 Å². The van der Waals surface area contributed by atoms with Gasteiger partial charge in [0, 0.05) is 38.6 Å². The Morgan fingerprint density at radius 1 is 1.16 bits per heavy atom. The molecule has 1 aliphatic carbocycles. The number of hydrogen-bond acceptors (Lipinski definition) is 6. The summed E-state index contributed by atoms with van der Waals surface area (Å²) < 4.78 is 16.2. The zero-order valence-electron chi connectivity index (χ0n) is 21.8. The van der Waals surface area contributed by atoms with Crippen molar-refractivity contribution in [1.29, 1.82) is 0 Å². The minimum atomic E-state index is -1.10. The van der Waals surface area contributed by atoms with Crippen molar-refractivity contribution in [3.05, 3.63) is 53.0 Å². The quantitative estimate of drug-likeness (QED) is 0.535. The summed E-state index contributed by atoms with van der Waals surface area (Å²) in [6, 6.07) is 6.04. The van der Waals surface area contributed by atoms with E-state index < -0.39 is 5.60 Å². The fraction of sp³-hybridized carbons (Fsp3) is 0.571. The van der Waals surface area contributed by atoms with Crippen LogP contribution in [0.5, 0.6) is 0 Å². The number of aliphatic hydroxyl groups is 1. The van der Waals surface area contributed by atoms with Gasteiger partial charge in [0.05, 0.1) is 24.0 Å². The fourth-order valence-electron chi connectivity index (χ4n) is 6.62. The Bertz CT molecular complexity index is 1370. The number of carbonyl (C=O) groups is 1. The van der Waals surface area contributed by atoms with Gasteiger partial charge in [-0.3, -0.25) is 19.1 Å². The number of halogens is 1. The topological polar surface area (TPSA) is 96.5 Å². The van der Waals surface area contributed by atoms with E-state index in [1.807, 2.05) is 4.90 Å². The number of hydrogen-bond donors (Lipinski definition) is 1. The maximum atomic E-state index is 13.3. The zero-order valence-corrected chi connectivity index (χ0v) is 21.8. The van der Waals surface area contributed by atoms with Crippen LogP contribution >= 0.6 is 0 Å². The fourth-order valence-corrected chi connectivity index (χ4v) is 6.62. The first-order chi connectivity index (χ1) is 18.3. The van der Waals surface area contributed by atoms with E-state index in [0.717, 1.165) is 24.9 Å². The number of rotatable bonds is 6. The van der Waals surface area contributed by atoms with Crippen LogP contribution in [0.15, 0.2) is 41.6 Å². The van der Waals surface area contributed by atoms with Crippen LogP contribution in [0.3, 0.4) is 0 Å². The number of piperidine rings is 1. The lowest BCUT2D eigenvalue weighted by molar-refractivity contribution is -0.137. The Labute approximate surface area is 220 Å². The van der Waals surface area contributed by atoms with Gasteiger partial charge in [-0.05, 0) is 68.7 Å². The molecule has 0 radical (unpaired) electrons. The van der Waals surface area contributed by atoms with Crippen molar-refractivity contribution in [2.75, 3.05) is 26.2 Å². The van der Waals surface area contributed by atoms with Gasteiger partial charge in [0.2, 0.25) is 5.91 Å². The van der Waals surface area contributed by atoms with Gasteiger partial charge in [-0.25, -0.2) is 14.1 Å². The third-order valence-corrected chi connectivity index (χ3v) is 8.99. The molecule has 3 unspecified atom stereocenters. The number of nitrogens with zero attached hydrogens (tertiary/aromatic N) is 6. The van der Waals surface area contributed by atoms with Crippen LogP contribution in [0.1, 0.15) is 45.4 Å². The number of carbonyl (C=O) groups excluding carboxylic acids is 1. The minimum Gasteiger partial charge on any atom is -0.388 e. The van der Waals surface area contributed by atoms with Gasteiger partial charge >= 0.3 is 0 Å². The third kappa shape index (κ3) is 4.75. The van der Waals surface area contributed by atoms with Crippen molar-refractivity contribution < 1.29 is 14.3 Å². The largest absolute Gasteiger partial charge is 0.388 e. The average molecular weight is 523 g/mol. The monoisotopic (exact) mass is 522 g/mol. The lowest BCUT2D eigenvalue weighted by Crippen LogP contribution is -2.50. The molecule has 0 spiro atoms. The van der Waals surface area contributed by atoms with Crippen molar-refractivity contribution in [3.8, 4) is 5.69 Å². The number of aromatic nitrogens is 4. The Hall–Kier alpha value is -3.11. The van der Waals surface area contributed by atoms with E-state index in [1.54, 1.807) is 12.1 Å². The van der Waals surface area contributed by atoms with E-state index in [0.29, 0.717) is 49.1 Å². The summed E-state index contributed by atoms with van der Waals surface area (Å²) in [7, 11) is 0. The van der Waals surface area contributed by atoms with Gasteiger partial charge in [-0.2, -0.15) is 5.10 Å². The molecule has 9 nitrogen and oxygen atoms in total. The molecule has 1 saturated carbocycles. The third-order valence-electron chi connectivity index (χ3n) is 8.99. The molecule has 2 saturated heterocycles. The van der Waals surface area contributed by atoms with E-state index in [-0.39, 0.29) is 29.9 Å². The Kier molecular flexibility index (Phi) is 6.55. The molecule has 1 aromatic carbocycles. The van der Waals surface area contributed by atoms with Crippen LogP contribution in [0.4, 0.5) is 4.39 Å². The average Bonchev–Trinajstić information content (AvgIpc) is 3.62. The highest BCUT2D eigenvalue weighted by atomic mass is 19.1. The first-order valence-electron chi connectivity index (χ1n) is 13.7. The number of amides is 1. The van der Waals surface area contributed by atoms with Gasteiger partial charge in [0.15, 0.2) is 5.65 Å². The van der Waals surface area contributed by atoms with Crippen molar-refractivity contribution in [1.82, 2.24) is 29.1 Å². The van der Waals surface area contributed by atoms with Crippen molar-refractivity contribution >= 4 is 16.9 Å². The SMILES string of the molecule is CC(CC(=O)N1CCC(O)(Cn2cnc3c(cnn3-c3ccc(F)cc3)c2=O)CC1)N1CC2CCCC2C1. The molecule has 3 atom stereocenters. The molecule has 1 amide bonds. The molecule has 202 valence electrons. The van der Waals surface area contributed by atoms with Gasteiger partial charge < -0.3 is 10.0 Å². The standard InChI is InChI=1S/C28H35FN6O3/c1-19(33-15-20-3-2-4-21(20)16-33)13-25(36)32-11-9-28(38,10-12-32)17-34-18-30-26-24(27(34)37)14-31-35(26)23-7-5-22(29)6-8-23/h5-8,14,18-21,38H,2-4,9-13,15-17H2,1H3. The second-order valence-electron chi connectivity index (χ2n) is 11.5. The molecule has 3 fully saturated rings. The summed E-state index contributed by atoms with van der Waals surface area (Å²) in [5, 5.41) is 15.9. The van der Waals surface area contributed by atoms with E-state index in [4.69, 9.17) is 0 Å². The summed E-state index contributed by atoms with van der Waals surface area (Å²) in [6.45, 7) is 5.45. The van der Waals surface area contributed by atoms with Gasteiger partial charge in [-0.1, -0.05) is 6.42 Å². The minimum absolute atomic E-state index is 0.103. The maximum Gasteiger partial charge on any atom is 0.264 e. The second-order valence-corrected chi connectivity index (χ2v) is 11.5. The number of fused-ring (bicyclic) bond motifs is 2. The first-order valence-corrected chi connectivity index (χ1v) is 13.7. The first kappa shape index (κ1) is 25.2. The molecule has 10 heteroatoms. The molecule has 3 aromatic rings. The van der Waals surface area contributed by atoms with E-state index in [1.165, 1.54) is 53.2 Å². The molecule has 0 bridgehead atoms. The van der Waals surface area contributed by atoms with Gasteiger partial charge in [0.1, 0.15) is 17.5 Å². The van der Waals surface area contributed by atoms with Crippen LogP contribution in [0.2, 0.25) is 0 Å². The van der Waals surface area contributed by atoms with E-state index in [9.17, 15) is 19.1 Å². The zero-order chi connectivity index (χ0) is 26.4. The Morgan fingerprint density at radius 3 is 2.53 bits per heavy atom. The predicted molar refractivity (Wildman–Crippen MR) is 140 cm³/mol. The molecule has 2 aromatic heterocycles. The smallest absolute Gasteiger partial charge is 0.264 e. The predicted octanol–water partition coefficient (Wildman–Crippen LogP) is 2.59. The van der Waals surface area contributed by atoms with Crippen molar-refractivity contribution in [2.24, 2.45) is 11.8 Å². The molecule has 6 rings (SSSR count). The summed E-state index contributed by atoms with van der Waals surface area (Å²) in [5.74, 6) is 1.41. The van der Waals surface area contributed by atoms with E-state index >= 15 is 0 Å². The van der Waals surface area contributed by atoms with Crippen LogP contribution in [0, 0.1) is 17.7 Å². The summed E-state index contributed by atoms with van der Waals surface area (Å²) in [6.07, 6.45) is 8.20. The lowest BCUT2D eigenvalue weighted by Gasteiger charge is -2.39. The molecule has 4 heterocycles. The highest BCUT2D eigenvalue weighted by Crippen LogP contribution is 2.38. The molecule has 1 N–H and O–H groups in total. The summed E-state index contributed by atoms with van der Waals surface area (Å²) in [5.41, 5.74) is -0.412. The molecule has 38 heavy (non-hydrogen) atoms. The Balaban J connectivity index is 1.07. The Morgan fingerprint density at radius 2 is 1.84 bits per heavy atom. The van der Waals surface area contributed by atoms with Crippen LogP contribution in [0.25, 0.3) is 16.7 Å².